The van der Waals surface area contributed by atoms with Crippen molar-refractivity contribution >= 4 is 11.4 Å². The number of nitrogens with two attached hydrogens (primary N) is 1. The molecule has 120 valence electrons. The molecule has 2 aliphatic heterocycles. The molecule has 3 atom stereocenters. The topological polar surface area (TPSA) is 54.2 Å². The average molecular weight is 308 g/mol. The summed E-state index contributed by atoms with van der Waals surface area (Å²) in [6, 6.07) is 14.7. The van der Waals surface area contributed by atoms with E-state index in [4.69, 9.17) is 5.73 Å². The predicted octanol–water partition coefficient (Wildman–Crippen LogP) is 3.27. The normalized spacial score (nSPS) is 27.0. The molecule has 4 heteroatoms. The lowest BCUT2D eigenvalue weighted by Gasteiger charge is -2.39. The number of rotatable bonds is 4. The number of nitrogens with one attached hydrogen (secondary N) is 1. The first-order chi connectivity index (χ1) is 11.3. The smallest absolute Gasteiger partial charge is 0.0736 e. The van der Waals surface area contributed by atoms with Gasteiger partial charge in [0.05, 0.1) is 17.6 Å². The van der Waals surface area contributed by atoms with Crippen molar-refractivity contribution < 1.29 is 0 Å². The van der Waals surface area contributed by atoms with Gasteiger partial charge in [-0.25, -0.2) is 0 Å². The molecule has 4 nitrogen and oxygen atoms in total. The van der Waals surface area contributed by atoms with Gasteiger partial charge in [0.25, 0.3) is 0 Å². The Morgan fingerprint density at radius 2 is 1.83 bits per heavy atom. The zero-order chi connectivity index (χ0) is 15.6. The van der Waals surface area contributed by atoms with Crippen molar-refractivity contribution in [2.45, 2.75) is 50.4 Å². The van der Waals surface area contributed by atoms with E-state index in [1.165, 1.54) is 31.2 Å². The molecule has 0 aliphatic carbocycles. The largest absolute Gasteiger partial charge is 0.396 e. The molecule has 1 aromatic heterocycles. The van der Waals surface area contributed by atoms with E-state index < -0.39 is 0 Å². The molecule has 0 spiro atoms. The van der Waals surface area contributed by atoms with E-state index in [1.807, 2.05) is 6.07 Å². The summed E-state index contributed by atoms with van der Waals surface area (Å²) in [5, 5.41) is 3.64. The third-order valence-corrected chi connectivity index (χ3v) is 5.30. The second kappa shape index (κ2) is 6.20. The summed E-state index contributed by atoms with van der Waals surface area (Å²) >= 11 is 0. The number of pyridine rings is 1. The minimum atomic E-state index is 0.518. The average Bonchev–Trinajstić information content (AvgIpc) is 2.81. The van der Waals surface area contributed by atoms with Crippen LogP contribution in [-0.2, 0) is 6.54 Å². The molecule has 2 aromatic rings. The number of fused-ring (bicyclic) bond motifs is 2. The molecule has 3 heterocycles. The molecular formula is C19H24N4. The lowest BCUT2D eigenvalue weighted by atomic mass is 9.96. The monoisotopic (exact) mass is 308 g/mol. The molecule has 0 saturated carbocycles. The molecule has 1 aromatic carbocycles. The fourth-order valence-electron chi connectivity index (χ4n) is 4.20. The minimum absolute atomic E-state index is 0.518. The quantitative estimate of drug-likeness (QED) is 0.910. The second-order valence-electron chi connectivity index (χ2n) is 6.82. The van der Waals surface area contributed by atoms with Crippen LogP contribution in [0.5, 0.6) is 0 Å². The van der Waals surface area contributed by atoms with Crippen molar-refractivity contribution in [3.8, 4) is 0 Å². The maximum atomic E-state index is 6.02. The summed E-state index contributed by atoms with van der Waals surface area (Å²) in [6.45, 7) is 1.08. The highest BCUT2D eigenvalue weighted by Crippen LogP contribution is 2.38. The first-order valence-corrected chi connectivity index (χ1v) is 8.55. The van der Waals surface area contributed by atoms with E-state index in [9.17, 15) is 0 Å². The number of nitrogens with zero attached hydrogens (tertiary/aromatic N) is 2. The Kier molecular flexibility index (Phi) is 3.92. The van der Waals surface area contributed by atoms with E-state index in [-0.39, 0.29) is 0 Å². The third-order valence-electron chi connectivity index (χ3n) is 5.30. The van der Waals surface area contributed by atoms with Crippen molar-refractivity contribution in [2.75, 3.05) is 11.1 Å². The van der Waals surface area contributed by atoms with Crippen LogP contribution < -0.4 is 11.1 Å². The number of aromatic nitrogens is 1. The molecule has 23 heavy (non-hydrogen) atoms. The van der Waals surface area contributed by atoms with Crippen molar-refractivity contribution in [1.82, 2.24) is 9.88 Å². The molecule has 2 aliphatic rings. The summed E-state index contributed by atoms with van der Waals surface area (Å²) in [5.74, 6) is 0. The van der Waals surface area contributed by atoms with Gasteiger partial charge < -0.3 is 11.1 Å². The summed E-state index contributed by atoms with van der Waals surface area (Å²) in [7, 11) is 0. The minimum Gasteiger partial charge on any atom is -0.396 e. The maximum Gasteiger partial charge on any atom is 0.0736 e. The highest BCUT2D eigenvalue weighted by molar-refractivity contribution is 5.64. The molecule has 4 rings (SSSR count). The summed E-state index contributed by atoms with van der Waals surface area (Å²) in [5.41, 5.74) is 9.21. The second-order valence-corrected chi connectivity index (χ2v) is 6.82. The number of nitrogen functional groups attached to an aromatic ring is 1. The Morgan fingerprint density at radius 1 is 1.09 bits per heavy atom. The van der Waals surface area contributed by atoms with Gasteiger partial charge in [0, 0.05) is 30.9 Å². The van der Waals surface area contributed by atoms with Gasteiger partial charge in [0.2, 0.25) is 0 Å². The third kappa shape index (κ3) is 3.04. The zero-order valence-electron chi connectivity index (χ0n) is 13.4. The highest BCUT2D eigenvalue weighted by atomic mass is 15.2. The van der Waals surface area contributed by atoms with Crippen LogP contribution in [0, 0.1) is 0 Å². The van der Waals surface area contributed by atoms with Crippen LogP contribution in [0.2, 0.25) is 0 Å². The first-order valence-electron chi connectivity index (χ1n) is 8.55. The van der Waals surface area contributed by atoms with Crippen molar-refractivity contribution in [3.05, 3.63) is 54.4 Å². The molecule has 0 amide bonds. The maximum absolute atomic E-state index is 6.02. The molecule has 2 saturated heterocycles. The van der Waals surface area contributed by atoms with Gasteiger partial charge in [-0.3, -0.25) is 9.88 Å². The van der Waals surface area contributed by atoms with Gasteiger partial charge in [-0.2, -0.15) is 0 Å². The fraction of sp³-hybridized carbons (Fsp3) is 0.421. The van der Waals surface area contributed by atoms with Crippen LogP contribution in [-0.4, -0.2) is 28.0 Å². The Bertz CT molecular complexity index is 643. The van der Waals surface area contributed by atoms with Gasteiger partial charge in [-0.05, 0) is 37.3 Å². The van der Waals surface area contributed by atoms with Crippen LogP contribution in [0.1, 0.15) is 31.2 Å². The van der Waals surface area contributed by atoms with Crippen molar-refractivity contribution in [1.29, 1.82) is 0 Å². The Labute approximate surface area is 137 Å². The summed E-state index contributed by atoms with van der Waals surface area (Å²) < 4.78 is 0. The number of hydrogen-bond acceptors (Lipinski definition) is 4. The standard InChI is InChI=1S/C19H24N4/c20-18-12-21-9-8-19(18)22-15-10-16-6-7-17(11-15)23(16)13-14-4-2-1-3-5-14/h1-5,8-9,12,15-17H,6-7,10-11,13,20H2,(H,21,22)/t15?,16-,17+. The van der Waals surface area contributed by atoms with Gasteiger partial charge in [0.15, 0.2) is 0 Å². The van der Waals surface area contributed by atoms with E-state index in [1.54, 1.807) is 12.4 Å². The van der Waals surface area contributed by atoms with E-state index >= 15 is 0 Å². The lowest BCUT2D eigenvalue weighted by Crippen LogP contribution is -2.46. The van der Waals surface area contributed by atoms with Gasteiger partial charge in [-0.15, -0.1) is 0 Å². The molecule has 0 radical (unpaired) electrons. The van der Waals surface area contributed by atoms with E-state index in [0.717, 1.165) is 17.9 Å². The number of hydrogen-bond donors (Lipinski definition) is 2. The molecule has 2 bridgehead atoms. The Morgan fingerprint density at radius 3 is 2.52 bits per heavy atom. The van der Waals surface area contributed by atoms with Crippen LogP contribution in [0.3, 0.4) is 0 Å². The highest BCUT2D eigenvalue weighted by Gasteiger charge is 2.40. The first kappa shape index (κ1) is 14.5. The van der Waals surface area contributed by atoms with Crippen LogP contribution in [0.25, 0.3) is 0 Å². The number of piperidine rings is 1. The van der Waals surface area contributed by atoms with E-state index in [0.29, 0.717) is 18.1 Å². The molecule has 3 N–H and O–H groups in total. The summed E-state index contributed by atoms with van der Waals surface area (Å²) in [4.78, 5) is 6.78. The lowest BCUT2D eigenvalue weighted by molar-refractivity contribution is 0.124. The van der Waals surface area contributed by atoms with Gasteiger partial charge >= 0.3 is 0 Å². The Hall–Kier alpha value is -2.07. The number of anilines is 2. The zero-order valence-corrected chi connectivity index (χ0v) is 13.4. The molecule has 1 unspecified atom stereocenters. The summed E-state index contributed by atoms with van der Waals surface area (Å²) in [6.07, 6.45) is 8.57. The van der Waals surface area contributed by atoms with Gasteiger partial charge in [-0.1, -0.05) is 30.3 Å². The van der Waals surface area contributed by atoms with Gasteiger partial charge in [0.1, 0.15) is 0 Å². The fourth-order valence-corrected chi connectivity index (χ4v) is 4.20. The molecule has 2 fully saturated rings. The van der Waals surface area contributed by atoms with Crippen molar-refractivity contribution in [3.63, 3.8) is 0 Å². The molecular weight excluding hydrogens is 284 g/mol. The van der Waals surface area contributed by atoms with Crippen LogP contribution in [0.4, 0.5) is 11.4 Å². The van der Waals surface area contributed by atoms with Crippen LogP contribution in [0.15, 0.2) is 48.8 Å². The predicted molar refractivity (Wildman–Crippen MR) is 94.1 cm³/mol. The number of benzene rings is 1. The Balaban J connectivity index is 1.43. The van der Waals surface area contributed by atoms with E-state index in [2.05, 4.69) is 45.5 Å². The van der Waals surface area contributed by atoms with Crippen LogP contribution >= 0.6 is 0 Å². The SMILES string of the molecule is Nc1cnccc1NC1C[C@H]2CC[C@@H](C1)N2Cc1ccccc1. The van der Waals surface area contributed by atoms with Crippen molar-refractivity contribution in [2.24, 2.45) is 0 Å².